The van der Waals surface area contributed by atoms with Crippen LogP contribution in [-0.4, -0.2) is 49.3 Å². The Morgan fingerprint density at radius 3 is 2.55 bits per heavy atom. The van der Waals surface area contributed by atoms with Crippen molar-refractivity contribution in [3.63, 3.8) is 0 Å². The van der Waals surface area contributed by atoms with Crippen LogP contribution in [0.2, 0.25) is 5.02 Å². The number of nitrogens with one attached hydrogen (secondary N) is 1. The number of hydrogen-bond donors (Lipinski definition) is 1. The van der Waals surface area contributed by atoms with Crippen molar-refractivity contribution in [3.05, 3.63) is 51.9 Å². The first-order valence-electron chi connectivity index (χ1n) is 9.49. The van der Waals surface area contributed by atoms with Crippen LogP contribution in [0.5, 0.6) is 17.2 Å². The summed E-state index contributed by atoms with van der Waals surface area (Å²) in [6.07, 6.45) is 6.74. The van der Waals surface area contributed by atoms with Crippen LogP contribution in [0.4, 0.5) is 10.5 Å². The summed E-state index contributed by atoms with van der Waals surface area (Å²) in [6.45, 7) is -0.354. The van der Waals surface area contributed by atoms with E-state index in [1.807, 2.05) is 0 Å². The number of benzene rings is 2. The van der Waals surface area contributed by atoms with Crippen molar-refractivity contribution in [3.8, 4) is 29.6 Å². The second-order valence-corrected chi connectivity index (χ2v) is 7.97. The van der Waals surface area contributed by atoms with Gasteiger partial charge in [0.25, 0.3) is 11.1 Å². The Bertz CT molecular complexity index is 1170. The van der Waals surface area contributed by atoms with E-state index in [4.69, 9.17) is 32.2 Å². The molecule has 0 atom stereocenters. The number of anilines is 1. The van der Waals surface area contributed by atoms with Crippen molar-refractivity contribution < 1.29 is 28.6 Å². The van der Waals surface area contributed by atoms with E-state index in [9.17, 15) is 14.4 Å². The van der Waals surface area contributed by atoms with E-state index in [0.717, 1.165) is 16.7 Å². The van der Waals surface area contributed by atoms with Crippen LogP contribution >= 0.6 is 23.4 Å². The number of nitrogens with zero attached hydrogens (tertiary/aromatic N) is 1. The average molecular weight is 487 g/mol. The monoisotopic (exact) mass is 486 g/mol. The molecule has 1 saturated heterocycles. The van der Waals surface area contributed by atoms with Gasteiger partial charge < -0.3 is 19.5 Å². The van der Waals surface area contributed by atoms with Gasteiger partial charge in [-0.15, -0.1) is 6.42 Å². The number of imide groups is 1. The molecule has 1 fully saturated rings. The van der Waals surface area contributed by atoms with E-state index in [1.54, 1.807) is 36.4 Å². The van der Waals surface area contributed by atoms with Crippen LogP contribution in [0, 0.1) is 12.3 Å². The number of terminal acetylenes is 1. The molecule has 3 amide bonds. The molecule has 0 radical (unpaired) electrons. The molecule has 33 heavy (non-hydrogen) atoms. The van der Waals surface area contributed by atoms with Gasteiger partial charge >= 0.3 is 0 Å². The van der Waals surface area contributed by atoms with E-state index >= 15 is 0 Å². The van der Waals surface area contributed by atoms with E-state index in [2.05, 4.69) is 11.2 Å². The molecule has 3 rings (SSSR count). The lowest BCUT2D eigenvalue weighted by Gasteiger charge is -2.13. The maximum Gasteiger partial charge on any atom is 0.294 e. The van der Waals surface area contributed by atoms with E-state index in [-0.39, 0.29) is 11.5 Å². The molecule has 10 heteroatoms. The van der Waals surface area contributed by atoms with Crippen molar-refractivity contribution in [1.29, 1.82) is 0 Å². The van der Waals surface area contributed by atoms with Crippen molar-refractivity contribution in [2.24, 2.45) is 0 Å². The third kappa shape index (κ3) is 5.80. The summed E-state index contributed by atoms with van der Waals surface area (Å²) in [5.74, 6) is 2.59. The first kappa shape index (κ1) is 24.0. The lowest BCUT2D eigenvalue weighted by Crippen LogP contribution is -2.36. The zero-order valence-corrected chi connectivity index (χ0v) is 19.3. The number of carbonyl (C=O) groups is 3. The van der Waals surface area contributed by atoms with E-state index in [1.165, 1.54) is 20.3 Å². The fourth-order valence-electron chi connectivity index (χ4n) is 2.89. The van der Waals surface area contributed by atoms with Crippen molar-refractivity contribution in [2.45, 2.75) is 0 Å². The molecule has 1 aliphatic rings. The zero-order chi connectivity index (χ0) is 24.0. The fourth-order valence-corrected chi connectivity index (χ4v) is 3.98. The minimum Gasteiger partial charge on any atom is -0.495 e. The first-order chi connectivity index (χ1) is 15.9. The Kier molecular flexibility index (Phi) is 7.87. The number of thioether (sulfide) groups is 1. The molecule has 170 valence electrons. The summed E-state index contributed by atoms with van der Waals surface area (Å²) in [6, 6.07) is 9.71. The molecule has 1 heterocycles. The molecule has 0 aliphatic carbocycles. The van der Waals surface area contributed by atoms with Gasteiger partial charge in [-0.05, 0) is 53.7 Å². The molecule has 0 spiro atoms. The smallest absolute Gasteiger partial charge is 0.294 e. The molecule has 8 nitrogen and oxygen atoms in total. The molecular weight excluding hydrogens is 468 g/mol. The van der Waals surface area contributed by atoms with Crippen molar-refractivity contribution in [2.75, 3.05) is 32.7 Å². The molecule has 0 aromatic heterocycles. The molecule has 0 unspecified atom stereocenters. The summed E-state index contributed by atoms with van der Waals surface area (Å²) in [5.41, 5.74) is 1.02. The predicted molar refractivity (Wildman–Crippen MR) is 127 cm³/mol. The zero-order valence-electron chi connectivity index (χ0n) is 17.7. The normalized spacial score (nSPS) is 14.2. The number of halogens is 1. The number of hydrogen-bond acceptors (Lipinski definition) is 7. The molecule has 2 aromatic rings. The van der Waals surface area contributed by atoms with Crippen molar-refractivity contribution in [1.82, 2.24) is 4.90 Å². The second kappa shape index (κ2) is 10.8. The van der Waals surface area contributed by atoms with Gasteiger partial charge in [0.1, 0.15) is 18.9 Å². The summed E-state index contributed by atoms with van der Waals surface area (Å²) < 4.78 is 15.7. The summed E-state index contributed by atoms with van der Waals surface area (Å²) in [7, 11) is 2.95. The van der Waals surface area contributed by atoms with Gasteiger partial charge in [0, 0.05) is 5.69 Å². The van der Waals surface area contributed by atoms with Crippen LogP contribution in [0.3, 0.4) is 0 Å². The topological polar surface area (TPSA) is 94.2 Å². The van der Waals surface area contributed by atoms with E-state index in [0.29, 0.717) is 33.5 Å². The Balaban J connectivity index is 1.70. The Labute approximate surface area is 199 Å². The number of carbonyl (C=O) groups excluding carboxylic acids is 3. The molecule has 0 bridgehead atoms. The second-order valence-electron chi connectivity index (χ2n) is 6.57. The maximum absolute atomic E-state index is 12.7. The predicted octanol–water partition coefficient (Wildman–Crippen LogP) is 4.04. The fraction of sp³-hybridized carbons (Fsp3) is 0.174. The molecule has 0 saturated carbocycles. The number of ether oxygens (including phenoxy) is 3. The van der Waals surface area contributed by atoms with Gasteiger partial charge in [-0.2, -0.15) is 0 Å². The number of methoxy groups -OCH3 is 2. The Morgan fingerprint density at radius 2 is 1.88 bits per heavy atom. The number of amides is 3. The Morgan fingerprint density at radius 1 is 1.15 bits per heavy atom. The lowest BCUT2D eigenvalue weighted by atomic mass is 10.2. The summed E-state index contributed by atoms with van der Waals surface area (Å²) in [4.78, 5) is 38.5. The van der Waals surface area contributed by atoms with E-state index < -0.39 is 23.6 Å². The van der Waals surface area contributed by atoms with Crippen LogP contribution in [0.1, 0.15) is 5.56 Å². The lowest BCUT2D eigenvalue weighted by molar-refractivity contribution is -0.127. The number of rotatable bonds is 8. The minimum atomic E-state index is -0.570. The molecular formula is C23H19ClN2O6S. The Hall–Kier alpha value is -3.61. The SMILES string of the molecule is C#CCOc1ccc(C=C2SC(=O)N(CC(=O)Nc3ccc(OC)c(Cl)c3)C2=O)cc1OC. The third-order valence-electron chi connectivity index (χ3n) is 4.41. The highest BCUT2D eigenvalue weighted by atomic mass is 35.5. The van der Waals surface area contributed by atoms with Crippen LogP contribution < -0.4 is 19.5 Å². The van der Waals surface area contributed by atoms with Gasteiger partial charge in [0.05, 0.1) is 24.1 Å². The van der Waals surface area contributed by atoms with Crippen LogP contribution in [0.25, 0.3) is 6.08 Å². The average Bonchev–Trinajstić information content (AvgIpc) is 3.05. The molecule has 1 aliphatic heterocycles. The van der Waals surface area contributed by atoms with Crippen LogP contribution in [-0.2, 0) is 9.59 Å². The molecule has 1 N–H and O–H groups in total. The largest absolute Gasteiger partial charge is 0.495 e. The van der Waals surface area contributed by atoms with Crippen LogP contribution in [0.15, 0.2) is 41.3 Å². The highest BCUT2D eigenvalue weighted by Gasteiger charge is 2.36. The van der Waals surface area contributed by atoms with Gasteiger partial charge in [0.15, 0.2) is 11.5 Å². The molecule has 2 aromatic carbocycles. The quantitative estimate of drug-likeness (QED) is 0.444. The highest BCUT2D eigenvalue weighted by Crippen LogP contribution is 2.34. The first-order valence-corrected chi connectivity index (χ1v) is 10.7. The summed E-state index contributed by atoms with van der Waals surface area (Å²) in [5, 5.41) is 2.38. The summed E-state index contributed by atoms with van der Waals surface area (Å²) >= 11 is 6.80. The third-order valence-corrected chi connectivity index (χ3v) is 5.61. The van der Waals surface area contributed by atoms with Gasteiger partial charge in [-0.3, -0.25) is 19.3 Å². The highest BCUT2D eigenvalue weighted by molar-refractivity contribution is 8.18. The van der Waals surface area contributed by atoms with Gasteiger partial charge in [-0.25, -0.2) is 0 Å². The minimum absolute atomic E-state index is 0.0827. The maximum atomic E-state index is 12.7. The van der Waals surface area contributed by atoms with Gasteiger partial charge in [-0.1, -0.05) is 23.6 Å². The van der Waals surface area contributed by atoms with Gasteiger partial charge in [0.2, 0.25) is 5.91 Å². The standard InChI is InChI=1S/C23H19ClN2O6S/c1-4-9-32-18-7-5-14(10-19(18)31-3)11-20-22(28)26(23(29)33-20)13-21(27)25-15-6-8-17(30-2)16(24)12-15/h1,5-8,10-12H,9,13H2,2-3H3,(H,25,27). The van der Waals surface area contributed by atoms with Crippen molar-refractivity contribution >= 4 is 52.2 Å².